The van der Waals surface area contributed by atoms with Crippen LogP contribution in [0.5, 0.6) is 0 Å². The molecule has 1 aliphatic rings. The van der Waals surface area contributed by atoms with Gasteiger partial charge in [-0.2, -0.15) is 0 Å². The average Bonchev–Trinajstić information content (AvgIpc) is 3.02. The molecule has 0 saturated heterocycles. The van der Waals surface area contributed by atoms with Gasteiger partial charge in [0.1, 0.15) is 0 Å². The van der Waals surface area contributed by atoms with Gasteiger partial charge in [-0.15, -0.1) is 0 Å². The summed E-state index contributed by atoms with van der Waals surface area (Å²) in [6.45, 7) is 4.40. The number of benzene rings is 4. The van der Waals surface area contributed by atoms with Crippen molar-refractivity contribution in [2.75, 3.05) is 4.90 Å². The van der Waals surface area contributed by atoms with E-state index in [1.165, 1.54) is 11.1 Å². The van der Waals surface area contributed by atoms with Crippen molar-refractivity contribution in [1.29, 1.82) is 0 Å². The first-order chi connectivity index (χ1) is 15.0. The Hall–Kier alpha value is -3.34. The lowest BCUT2D eigenvalue weighted by atomic mass is 9.75. The molecular formula is C27H24BNO2. The molecule has 4 aromatic carbocycles. The highest BCUT2D eigenvalue weighted by Gasteiger charge is 2.36. The lowest BCUT2D eigenvalue weighted by Gasteiger charge is -2.28. The van der Waals surface area contributed by atoms with Crippen LogP contribution in [0.2, 0.25) is 0 Å². The second-order valence-electron chi connectivity index (χ2n) is 8.54. The first kappa shape index (κ1) is 19.6. The third-order valence-electron chi connectivity index (χ3n) is 6.27. The minimum absolute atomic E-state index is 0.245. The van der Waals surface area contributed by atoms with E-state index in [9.17, 15) is 10.0 Å². The topological polar surface area (TPSA) is 43.7 Å². The van der Waals surface area contributed by atoms with Crippen molar-refractivity contribution >= 4 is 29.6 Å². The Kier molecular flexibility index (Phi) is 4.69. The van der Waals surface area contributed by atoms with Gasteiger partial charge in [0.05, 0.1) is 0 Å². The van der Waals surface area contributed by atoms with Crippen molar-refractivity contribution < 1.29 is 10.0 Å². The summed E-state index contributed by atoms with van der Waals surface area (Å²) in [5, 5.41) is 19.3. The molecule has 31 heavy (non-hydrogen) atoms. The average molecular weight is 405 g/mol. The van der Waals surface area contributed by atoms with Gasteiger partial charge in [0.15, 0.2) is 0 Å². The van der Waals surface area contributed by atoms with Crippen molar-refractivity contribution in [2.45, 2.75) is 19.3 Å². The van der Waals surface area contributed by atoms with Gasteiger partial charge in [-0.25, -0.2) is 0 Å². The Morgan fingerprint density at radius 3 is 1.68 bits per heavy atom. The molecule has 4 heteroatoms. The molecule has 2 N–H and O–H groups in total. The molecule has 0 heterocycles. The molecular weight excluding hydrogens is 381 g/mol. The van der Waals surface area contributed by atoms with Crippen LogP contribution in [0.4, 0.5) is 17.1 Å². The van der Waals surface area contributed by atoms with E-state index in [2.05, 4.69) is 85.5 Å². The minimum atomic E-state index is -1.47. The zero-order chi connectivity index (χ0) is 21.6. The number of hydrogen-bond acceptors (Lipinski definition) is 3. The van der Waals surface area contributed by atoms with Crippen LogP contribution in [-0.2, 0) is 5.41 Å². The highest BCUT2D eigenvalue weighted by atomic mass is 16.4. The quantitative estimate of drug-likeness (QED) is 0.462. The second-order valence-corrected chi connectivity index (χ2v) is 8.54. The fourth-order valence-corrected chi connectivity index (χ4v) is 4.64. The molecule has 0 radical (unpaired) electrons. The van der Waals surface area contributed by atoms with Gasteiger partial charge in [-0.1, -0.05) is 74.5 Å². The number of anilines is 3. The van der Waals surface area contributed by atoms with E-state index in [0.29, 0.717) is 5.46 Å². The lowest BCUT2D eigenvalue weighted by Crippen LogP contribution is -2.31. The van der Waals surface area contributed by atoms with Crippen LogP contribution in [0.15, 0.2) is 97.1 Å². The molecule has 0 aliphatic heterocycles. The minimum Gasteiger partial charge on any atom is -0.423 e. The SMILES string of the molecule is CC1(C)c2cc(B(O)O)ccc2-c2ccc(N(c3ccccc3)c3ccccc3)cc21. The third-order valence-corrected chi connectivity index (χ3v) is 6.27. The maximum absolute atomic E-state index is 9.66. The van der Waals surface area contributed by atoms with Crippen LogP contribution in [-0.4, -0.2) is 17.2 Å². The molecule has 3 nitrogen and oxygen atoms in total. The summed E-state index contributed by atoms with van der Waals surface area (Å²) in [6, 6.07) is 33.1. The van der Waals surface area contributed by atoms with Gasteiger partial charge in [0.25, 0.3) is 0 Å². The van der Waals surface area contributed by atoms with E-state index in [-0.39, 0.29) is 5.41 Å². The van der Waals surface area contributed by atoms with Gasteiger partial charge in [-0.05, 0) is 64.1 Å². The highest BCUT2D eigenvalue weighted by Crippen LogP contribution is 2.50. The van der Waals surface area contributed by atoms with Crippen LogP contribution in [0.1, 0.15) is 25.0 Å². The second kappa shape index (κ2) is 7.42. The summed E-state index contributed by atoms with van der Waals surface area (Å²) in [5.74, 6) is 0. The fraction of sp³-hybridized carbons (Fsp3) is 0.111. The summed E-state index contributed by atoms with van der Waals surface area (Å²) in [4.78, 5) is 2.27. The van der Waals surface area contributed by atoms with Gasteiger partial charge in [0, 0.05) is 22.5 Å². The van der Waals surface area contributed by atoms with Crippen LogP contribution in [0.3, 0.4) is 0 Å². The molecule has 1 aliphatic carbocycles. The molecule has 152 valence electrons. The smallest absolute Gasteiger partial charge is 0.423 e. The summed E-state index contributed by atoms with van der Waals surface area (Å²) in [7, 11) is -1.47. The van der Waals surface area contributed by atoms with Gasteiger partial charge in [0.2, 0.25) is 0 Å². The van der Waals surface area contributed by atoms with E-state index >= 15 is 0 Å². The summed E-state index contributed by atoms with van der Waals surface area (Å²) < 4.78 is 0. The molecule has 0 aromatic heterocycles. The Balaban J connectivity index is 1.67. The summed E-state index contributed by atoms with van der Waals surface area (Å²) in [5.41, 5.74) is 8.29. The standard InChI is InChI=1S/C27H24BNO2/c1-27(2)25-17-19(28(30)31)13-15-23(25)24-16-14-22(18-26(24)27)29(20-9-5-3-6-10-20)21-11-7-4-8-12-21/h3-18,30-31H,1-2H3. The van der Waals surface area contributed by atoms with E-state index in [1.807, 2.05) is 24.3 Å². The van der Waals surface area contributed by atoms with E-state index in [4.69, 9.17) is 0 Å². The fourth-order valence-electron chi connectivity index (χ4n) is 4.64. The predicted molar refractivity (Wildman–Crippen MR) is 129 cm³/mol. The lowest BCUT2D eigenvalue weighted by molar-refractivity contribution is 0.425. The molecule has 0 fully saturated rings. The number of fused-ring (bicyclic) bond motifs is 3. The Labute approximate surface area is 183 Å². The monoisotopic (exact) mass is 405 g/mol. The van der Waals surface area contributed by atoms with Crippen molar-refractivity contribution in [3.8, 4) is 11.1 Å². The van der Waals surface area contributed by atoms with Gasteiger partial charge >= 0.3 is 7.12 Å². The van der Waals surface area contributed by atoms with Crippen molar-refractivity contribution in [1.82, 2.24) is 0 Å². The Morgan fingerprint density at radius 2 is 1.13 bits per heavy atom. The normalized spacial score (nSPS) is 13.4. The number of para-hydroxylation sites is 2. The molecule has 0 spiro atoms. The number of rotatable bonds is 4. The van der Waals surface area contributed by atoms with Crippen LogP contribution in [0.25, 0.3) is 11.1 Å². The zero-order valence-electron chi connectivity index (χ0n) is 17.7. The molecule has 5 rings (SSSR count). The maximum Gasteiger partial charge on any atom is 0.488 e. The van der Waals surface area contributed by atoms with E-state index < -0.39 is 7.12 Å². The van der Waals surface area contributed by atoms with Crippen molar-refractivity contribution in [3.05, 3.63) is 108 Å². The third kappa shape index (κ3) is 3.25. The van der Waals surface area contributed by atoms with E-state index in [0.717, 1.165) is 28.2 Å². The molecule has 0 amide bonds. The molecule has 0 unspecified atom stereocenters. The zero-order valence-corrected chi connectivity index (χ0v) is 17.7. The number of nitrogens with zero attached hydrogens (tertiary/aromatic N) is 1. The van der Waals surface area contributed by atoms with Crippen LogP contribution >= 0.6 is 0 Å². The van der Waals surface area contributed by atoms with Gasteiger partial charge < -0.3 is 14.9 Å². The maximum atomic E-state index is 9.66. The Morgan fingerprint density at radius 1 is 0.613 bits per heavy atom. The van der Waals surface area contributed by atoms with Crippen molar-refractivity contribution in [3.63, 3.8) is 0 Å². The summed E-state index contributed by atoms with van der Waals surface area (Å²) >= 11 is 0. The first-order valence-corrected chi connectivity index (χ1v) is 10.5. The number of hydrogen-bond donors (Lipinski definition) is 2. The largest absolute Gasteiger partial charge is 0.488 e. The van der Waals surface area contributed by atoms with E-state index in [1.54, 1.807) is 6.07 Å². The van der Waals surface area contributed by atoms with Gasteiger partial charge in [-0.3, -0.25) is 0 Å². The molecule has 0 saturated carbocycles. The molecule has 0 atom stereocenters. The first-order valence-electron chi connectivity index (χ1n) is 10.5. The highest BCUT2D eigenvalue weighted by molar-refractivity contribution is 6.58. The summed E-state index contributed by atoms with van der Waals surface area (Å²) in [6.07, 6.45) is 0. The Bertz CT molecular complexity index is 1200. The molecule has 0 bridgehead atoms. The predicted octanol–water partition coefficient (Wildman–Crippen LogP) is 5.14. The van der Waals surface area contributed by atoms with Crippen LogP contribution < -0.4 is 10.4 Å². The van der Waals surface area contributed by atoms with Crippen molar-refractivity contribution in [2.24, 2.45) is 0 Å². The van der Waals surface area contributed by atoms with Crippen LogP contribution in [0, 0.1) is 0 Å². The molecule has 4 aromatic rings.